The number of hydrogen-bond acceptors (Lipinski definition) is 9. The van der Waals surface area contributed by atoms with Gasteiger partial charge in [-0.1, -0.05) is 25.1 Å². The zero-order chi connectivity index (χ0) is 32.5. The summed E-state index contributed by atoms with van der Waals surface area (Å²) in [5, 5.41) is 15.3. The number of piperazine rings is 2. The van der Waals surface area contributed by atoms with Crippen molar-refractivity contribution in [2.45, 2.75) is 44.1 Å². The smallest absolute Gasteiger partial charge is 0.331 e. The monoisotopic (exact) mass is 635 g/mol. The van der Waals surface area contributed by atoms with Gasteiger partial charge in [-0.05, 0) is 30.3 Å². The molecule has 2 aromatic rings. The van der Waals surface area contributed by atoms with Gasteiger partial charge in [-0.15, -0.1) is 6.58 Å². The topological polar surface area (TPSA) is 142 Å². The number of phenolic OH excluding ortho intramolecular Hbond substituents is 1. The number of hydrogen-bond donors (Lipinski definition) is 3. The molecule has 4 N–H and O–H groups in total. The van der Waals surface area contributed by atoms with Crippen LogP contribution in [0.4, 0.5) is 15.0 Å². The highest BCUT2D eigenvalue weighted by Gasteiger charge is 2.53. The first-order chi connectivity index (χ1) is 22.2. The molecule has 1 aromatic heterocycles. The van der Waals surface area contributed by atoms with E-state index >= 15 is 0 Å². The number of amides is 4. The Bertz CT molecular complexity index is 1480. The molecule has 4 saturated heterocycles. The molecule has 0 bridgehead atoms. The Labute approximate surface area is 268 Å². The third-order valence-electron chi connectivity index (χ3n) is 9.62. The molecule has 0 saturated carbocycles. The Kier molecular flexibility index (Phi) is 9.11. The molecule has 6 rings (SSSR count). The number of benzene rings is 1. The Morgan fingerprint density at radius 2 is 1.89 bits per heavy atom. The van der Waals surface area contributed by atoms with E-state index in [1.165, 1.54) is 22.0 Å². The second-order valence-electron chi connectivity index (χ2n) is 12.3. The number of carbonyl (C=O) groups is 3. The van der Waals surface area contributed by atoms with E-state index in [0.717, 1.165) is 57.7 Å². The van der Waals surface area contributed by atoms with E-state index in [1.807, 2.05) is 18.2 Å². The maximum atomic E-state index is 14.8. The van der Waals surface area contributed by atoms with Crippen LogP contribution >= 0.6 is 0 Å². The van der Waals surface area contributed by atoms with Crippen LogP contribution in [0.15, 0.2) is 49.1 Å². The summed E-state index contributed by atoms with van der Waals surface area (Å²) < 4.78 is 14.8. The molecule has 4 amide bonds. The van der Waals surface area contributed by atoms with Gasteiger partial charge in [-0.2, -0.15) is 5.01 Å². The standard InChI is InChI=1S/C32H42FN9O4/c1-3-10-40-27(16-22-6-5-7-28(36-22)39-19-23(20-39)38-13-11-37(4-2)12-14-38)31(45)41-26(15-21-8-9-24(43)17-25(21)33)30(44)35-18-29(41)42(40)32(34)46/h3,5-9,17,23,26-27,29,43H,1,4,10-16,18-20H2,2H3,(H2,34,46)(H,35,44). The molecular weight excluding hydrogens is 593 g/mol. The average molecular weight is 636 g/mol. The molecular formula is C32H42FN9O4. The van der Waals surface area contributed by atoms with Gasteiger partial charge in [0.2, 0.25) is 11.8 Å². The minimum absolute atomic E-state index is 0.0419. The van der Waals surface area contributed by atoms with Crippen molar-refractivity contribution in [1.82, 2.24) is 35.0 Å². The molecule has 1 aromatic carbocycles. The lowest BCUT2D eigenvalue weighted by atomic mass is 9.96. The van der Waals surface area contributed by atoms with Crippen molar-refractivity contribution in [3.05, 3.63) is 66.1 Å². The summed E-state index contributed by atoms with van der Waals surface area (Å²) in [7, 11) is 0. The van der Waals surface area contributed by atoms with Crippen molar-refractivity contribution in [2.24, 2.45) is 5.73 Å². The van der Waals surface area contributed by atoms with Crippen LogP contribution in [0.1, 0.15) is 18.2 Å². The van der Waals surface area contributed by atoms with E-state index in [-0.39, 0.29) is 37.2 Å². The molecule has 3 atom stereocenters. The highest BCUT2D eigenvalue weighted by atomic mass is 19.1. The van der Waals surface area contributed by atoms with Crippen molar-refractivity contribution in [1.29, 1.82) is 0 Å². The lowest BCUT2D eigenvalue weighted by Gasteiger charge is -2.55. The Hall–Kier alpha value is -4.27. The van der Waals surface area contributed by atoms with Crippen LogP contribution in [-0.4, -0.2) is 136 Å². The summed E-state index contributed by atoms with van der Waals surface area (Å²) in [5.74, 6) is -0.998. The van der Waals surface area contributed by atoms with Crippen molar-refractivity contribution in [3.63, 3.8) is 0 Å². The number of anilines is 1. The van der Waals surface area contributed by atoms with Gasteiger partial charge in [0.15, 0.2) is 0 Å². The average Bonchev–Trinajstić information content (AvgIpc) is 3.01. The molecule has 46 heavy (non-hydrogen) atoms. The number of halogens is 1. The number of hydrazine groups is 1. The summed E-state index contributed by atoms with van der Waals surface area (Å²) in [5.41, 5.74) is 6.69. The van der Waals surface area contributed by atoms with Gasteiger partial charge in [-0.3, -0.25) is 14.5 Å². The van der Waals surface area contributed by atoms with E-state index in [9.17, 15) is 23.9 Å². The normalized spacial score (nSPS) is 24.8. The maximum absolute atomic E-state index is 14.8. The predicted molar refractivity (Wildman–Crippen MR) is 169 cm³/mol. The van der Waals surface area contributed by atoms with Crippen molar-refractivity contribution in [2.75, 3.05) is 63.8 Å². The number of aromatic hydroxyl groups is 1. The summed E-state index contributed by atoms with van der Waals surface area (Å²) in [6, 6.07) is 7.02. The molecule has 4 fully saturated rings. The van der Waals surface area contributed by atoms with Gasteiger partial charge in [0.05, 0.1) is 6.54 Å². The van der Waals surface area contributed by atoms with Crippen LogP contribution in [0.3, 0.4) is 0 Å². The van der Waals surface area contributed by atoms with Crippen molar-refractivity contribution >= 4 is 23.7 Å². The lowest BCUT2D eigenvalue weighted by Crippen LogP contribution is -2.78. The molecule has 4 aliphatic heterocycles. The highest BCUT2D eigenvalue weighted by molar-refractivity contribution is 5.93. The number of nitrogens with two attached hydrogens (primary N) is 1. The van der Waals surface area contributed by atoms with Crippen LogP contribution in [0, 0.1) is 5.82 Å². The third kappa shape index (κ3) is 6.11. The van der Waals surface area contributed by atoms with E-state index in [0.29, 0.717) is 11.7 Å². The van der Waals surface area contributed by atoms with Gasteiger partial charge in [0.1, 0.15) is 35.6 Å². The predicted octanol–water partition coefficient (Wildman–Crippen LogP) is 0.357. The molecule has 14 heteroatoms. The van der Waals surface area contributed by atoms with Crippen LogP contribution in [0.5, 0.6) is 5.75 Å². The number of fused-ring (bicyclic) bond motifs is 1. The number of nitrogens with one attached hydrogen (secondary N) is 1. The minimum Gasteiger partial charge on any atom is -0.508 e. The number of phenols is 1. The fourth-order valence-electron chi connectivity index (χ4n) is 7.06. The Morgan fingerprint density at radius 1 is 1.13 bits per heavy atom. The van der Waals surface area contributed by atoms with Gasteiger partial charge in [0.25, 0.3) is 0 Å². The van der Waals surface area contributed by atoms with E-state index in [4.69, 9.17) is 10.7 Å². The quantitative estimate of drug-likeness (QED) is 0.333. The van der Waals surface area contributed by atoms with Crippen LogP contribution in [0.2, 0.25) is 0 Å². The van der Waals surface area contributed by atoms with Crippen LogP contribution in [0.25, 0.3) is 0 Å². The van der Waals surface area contributed by atoms with Crippen molar-refractivity contribution in [3.8, 4) is 5.75 Å². The number of primary amides is 1. The third-order valence-corrected chi connectivity index (χ3v) is 9.62. The first-order valence-corrected chi connectivity index (χ1v) is 15.9. The fraction of sp³-hybridized carbons (Fsp3) is 0.500. The summed E-state index contributed by atoms with van der Waals surface area (Å²) in [4.78, 5) is 54.0. The zero-order valence-corrected chi connectivity index (χ0v) is 26.1. The number of likely N-dealkylation sites (N-methyl/N-ethyl adjacent to an activating group) is 1. The molecule has 4 aliphatic rings. The number of carbonyl (C=O) groups excluding carboxylic acids is 3. The second kappa shape index (κ2) is 13.2. The number of rotatable bonds is 9. The molecule has 246 valence electrons. The largest absolute Gasteiger partial charge is 0.508 e. The zero-order valence-electron chi connectivity index (χ0n) is 26.1. The summed E-state index contributed by atoms with van der Waals surface area (Å²) in [6.45, 7) is 13.3. The molecule has 0 radical (unpaired) electrons. The van der Waals surface area contributed by atoms with Gasteiger partial charge in [0, 0.05) is 76.5 Å². The summed E-state index contributed by atoms with van der Waals surface area (Å²) in [6.07, 6.45) is 0.658. The highest BCUT2D eigenvalue weighted by Crippen LogP contribution is 2.31. The van der Waals surface area contributed by atoms with Crippen LogP contribution < -0.4 is 16.0 Å². The summed E-state index contributed by atoms with van der Waals surface area (Å²) >= 11 is 0. The number of nitrogens with zero attached hydrogens (tertiary/aromatic N) is 7. The molecule has 13 nitrogen and oxygen atoms in total. The number of urea groups is 1. The SMILES string of the molecule is C=CCN1C(Cc2cccc(N3CC(N4CCN(CC)CC4)C3)n2)C(=O)N2C(Cc3ccc(O)cc3F)C(=O)NCC2N1C(N)=O. The lowest BCUT2D eigenvalue weighted by molar-refractivity contribution is -0.190. The van der Waals surface area contributed by atoms with Crippen LogP contribution in [-0.2, 0) is 22.4 Å². The van der Waals surface area contributed by atoms with Gasteiger partial charge < -0.3 is 30.9 Å². The molecule has 0 aliphatic carbocycles. The molecule has 0 spiro atoms. The first kappa shape index (κ1) is 31.7. The molecule has 5 heterocycles. The Balaban J connectivity index is 1.23. The van der Waals surface area contributed by atoms with E-state index in [2.05, 4.69) is 33.5 Å². The van der Waals surface area contributed by atoms with Gasteiger partial charge in [-0.25, -0.2) is 19.2 Å². The van der Waals surface area contributed by atoms with Gasteiger partial charge >= 0.3 is 6.03 Å². The van der Waals surface area contributed by atoms with Crippen molar-refractivity contribution < 1.29 is 23.9 Å². The second-order valence-corrected chi connectivity index (χ2v) is 12.3. The number of aromatic nitrogens is 1. The minimum atomic E-state index is -1.11. The Morgan fingerprint density at radius 3 is 2.57 bits per heavy atom. The maximum Gasteiger partial charge on any atom is 0.331 e. The van der Waals surface area contributed by atoms with E-state index < -0.39 is 41.9 Å². The number of pyridine rings is 1. The first-order valence-electron chi connectivity index (χ1n) is 15.9. The fourth-order valence-corrected chi connectivity index (χ4v) is 7.06. The molecule has 3 unspecified atom stereocenters. The van der Waals surface area contributed by atoms with E-state index in [1.54, 1.807) is 11.1 Å².